The van der Waals surface area contributed by atoms with Crippen molar-refractivity contribution in [1.29, 1.82) is 0 Å². The van der Waals surface area contributed by atoms with Gasteiger partial charge in [0.25, 0.3) is 0 Å². The second kappa shape index (κ2) is 6.59. The van der Waals surface area contributed by atoms with Gasteiger partial charge in [-0.3, -0.25) is 0 Å². The average molecular weight is 397 g/mol. The maximum absolute atomic E-state index is 6.50. The van der Waals surface area contributed by atoms with Crippen LogP contribution >= 0.6 is 22.9 Å². The molecule has 2 aromatic carbocycles. The van der Waals surface area contributed by atoms with E-state index in [0.29, 0.717) is 5.02 Å². The molecule has 0 radical (unpaired) electrons. The smallest absolute Gasteiger partial charge is 0.215 e. The van der Waals surface area contributed by atoms with E-state index < -0.39 is 6.23 Å². The second-order valence-corrected chi connectivity index (χ2v) is 7.85. The molecule has 0 spiro atoms. The Balaban J connectivity index is 1.66. The number of nitrogens with zero attached hydrogens (tertiary/aromatic N) is 2. The minimum atomic E-state index is -0.398. The molecule has 2 atom stereocenters. The van der Waals surface area contributed by atoms with E-state index in [1.165, 1.54) is 4.88 Å². The summed E-state index contributed by atoms with van der Waals surface area (Å²) in [5, 5.41) is 9.73. The van der Waals surface area contributed by atoms with Gasteiger partial charge in [-0.05, 0) is 23.6 Å². The Hall–Kier alpha value is -2.50. The Labute approximate surface area is 166 Å². The molecule has 0 fully saturated rings. The topological polar surface area (TPSA) is 34.1 Å². The molecule has 1 aromatic heterocycles. The van der Waals surface area contributed by atoms with Gasteiger partial charge >= 0.3 is 0 Å². The average Bonchev–Trinajstić information content (AvgIpc) is 3.37. The Morgan fingerprint density at radius 2 is 1.96 bits per heavy atom. The maximum atomic E-state index is 6.50. The first-order valence-electron chi connectivity index (χ1n) is 8.74. The summed E-state index contributed by atoms with van der Waals surface area (Å²) in [5.41, 5.74) is 3.07. The molecule has 6 heteroatoms. The Morgan fingerprint density at radius 3 is 2.74 bits per heavy atom. The number of thiophene rings is 1. The van der Waals surface area contributed by atoms with Crippen LogP contribution in [0.5, 0.6) is 11.5 Å². The monoisotopic (exact) mass is 396 g/mol. The molecule has 3 aromatic rings. The van der Waals surface area contributed by atoms with Gasteiger partial charge < -0.3 is 9.47 Å². The number of methoxy groups -OCH3 is 1. The highest BCUT2D eigenvalue weighted by molar-refractivity contribution is 7.12. The van der Waals surface area contributed by atoms with Crippen LogP contribution in [0.4, 0.5) is 0 Å². The van der Waals surface area contributed by atoms with E-state index in [9.17, 15) is 0 Å². The number of ether oxygens (including phenoxy) is 2. The molecule has 2 aliphatic rings. The highest BCUT2D eigenvalue weighted by Gasteiger charge is 2.42. The number of benzene rings is 2. The van der Waals surface area contributed by atoms with Crippen LogP contribution in [-0.2, 0) is 0 Å². The molecule has 5 rings (SSSR count). The van der Waals surface area contributed by atoms with Crippen LogP contribution in [0.1, 0.15) is 34.7 Å². The zero-order valence-electron chi connectivity index (χ0n) is 14.6. The molecular weight excluding hydrogens is 380 g/mol. The number of fused-ring (bicyclic) bond motifs is 3. The fourth-order valence-corrected chi connectivity index (χ4v) is 4.67. The number of hydrazone groups is 1. The predicted molar refractivity (Wildman–Crippen MR) is 108 cm³/mol. The predicted octanol–water partition coefficient (Wildman–Crippen LogP) is 5.65. The third-order valence-electron chi connectivity index (χ3n) is 4.98. The Morgan fingerprint density at radius 1 is 1.11 bits per heavy atom. The standard InChI is InChI=1S/C21H17ClN2O2S/c1-25-18-9-4-7-14-17-12-16(19-10-5-11-27-19)23-24(17)21(26-20(14)18)13-6-2-3-8-15(13)22/h2-11,17,21H,12H2,1H3/t17-,21-/m0/s1. The molecular formula is C21H17ClN2O2S. The van der Waals surface area contributed by atoms with Gasteiger partial charge in [0.2, 0.25) is 6.23 Å². The summed E-state index contributed by atoms with van der Waals surface area (Å²) in [4.78, 5) is 1.19. The fourth-order valence-electron chi connectivity index (χ4n) is 3.72. The SMILES string of the molecule is COc1cccc2c1O[C@@H](c1ccccc1Cl)N1N=C(c3cccs3)C[C@@H]21. The molecule has 0 amide bonds. The van der Waals surface area contributed by atoms with Crippen molar-refractivity contribution in [1.82, 2.24) is 5.01 Å². The molecule has 27 heavy (non-hydrogen) atoms. The second-order valence-electron chi connectivity index (χ2n) is 6.49. The first-order valence-corrected chi connectivity index (χ1v) is 9.99. The lowest BCUT2D eigenvalue weighted by atomic mass is 9.97. The summed E-state index contributed by atoms with van der Waals surface area (Å²) < 4.78 is 12.0. The van der Waals surface area contributed by atoms with Crippen molar-refractivity contribution < 1.29 is 9.47 Å². The van der Waals surface area contributed by atoms with Crippen molar-refractivity contribution in [3.05, 3.63) is 81.0 Å². The van der Waals surface area contributed by atoms with Gasteiger partial charge in [0.15, 0.2) is 11.5 Å². The van der Waals surface area contributed by atoms with Crippen molar-refractivity contribution in [2.45, 2.75) is 18.7 Å². The van der Waals surface area contributed by atoms with Crippen LogP contribution in [0.2, 0.25) is 5.02 Å². The highest BCUT2D eigenvalue weighted by Crippen LogP contribution is 2.51. The van der Waals surface area contributed by atoms with E-state index in [0.717, 1.165) is 34.8 Å². The van der Waals surface area contributed by atoms with Crippen molar-refractivity contribution in [3.8, 4) is 11.5 Å². The van der Waals surface area contributed by atoms with E-state index in [2.05, 4.69) is 23.6 Å². The van der Waals surface area contributed by atoms with Crippen LogP contribution in [-0.4, -0.2) is 17.8 Å². The van der Waals surface area contributed by atoms with Crippen molar-refractivity contribution in [2.75, 3.05) is 7.11 Å². The molecule has 0 aliphatic carbocycles. The molecule has 2 aliphatic heterocycles. The molecule has 136 valence electrons. The summed E-state index contributed by atoms with van der Waals surface area (Å²) in [5.74, 6) is 1.50. The highest BCUT2D eigenvalue weighted by atomic mass is 35.5. The third kappa shape index (κ3) is 2.69. The molecule has 4 nitrogen and oxygen atoms in total. The number of hydrogen-bond donors (Lipinski definition) is 0. The van der Waals surface area contributed by atoms with Crippen molar-refractivity contribution >= 4 is 28.6 Å². The molecule has 3 heterocycles. The van der Waals surface area contributed by atoms with Gasteiger partial charge in [0.05, 0.1) is 23.7 Å². The Bertz CT molecular complexity index is 1020. The van der Waals surface area contributed by atoms with Gasteiger partial charge in [-0.25, -0.2) is 5.01 Å². The summed E-state index contributed by atoms with van der Waals surface area (Å²) in [6.07, 6.45) is 0.426. The van der Waals surface area contributed by atoms with E-state index in [1.807, 2.05) is 41.4 Å². The number of hydrogen-bond acceptors (Lipinski definition) is 5. The number of rotatable bonds is 3. The lowest BCUT2D eigenvalue weighted by molar-refractivity contribution is -0.0208. The quantitative estimate of drug-likeness (QED) is 0.573. The van der Waals surface area contributed by atoms with Crippen LogP contribution < -0.4 is 9.47 Å². The molecule has 0 bridgehead atoms. The van der Waals surface area contributed by atoms with Crippen LogP contribution in [0.3, 0.4) is 0 Å². The van der Waals surface area contributed by atoms with E-state index >= 15 is 0 Å². The van der Waals surface area contributed by atoms with Crippen molar-refractivity contribution in [2.24, 2.45) is 5.10 Å². The minimum absolute atomic E-state index is 0.0854. The number of halogens is 1. The van der Waals surface area contributed by atoms with E-state index in [1.54, 1.807) is 18.4 Å². The van der Waals surface area contributed by atoms with E-state index in [4.69, 9.17) is 26.2 Å². The fraction of sp³-hybridized carbons (Fsp3) is 0.190. The van der Waals surface area contributed by atoms with Crippen LogP contribution in [0, 0.1) is 0 Å². The summed E-state index contributed by atoms with van der Waals surface area (Å²) in [6, 6.07) is 18.0. The zero-order valence-corrected chi connectivity index (χ0v) is 16.2. The largest absolute Gasteiger partial charge is 0.493 e. The number of para-hydroxylation sites is 1. The molecule has 0 saturated heterocycles. The van der Waals surface area contributed by atoms with Gasteiger partial charge in [-0.2, -0.15) is 5.10 Å². The van der Waals surface area contributed by atoms with Gasteiger partial charge in [0.1, 0.15) is 0 Å². The molecule has 0 N–H and O–H groups in total. The minimum Gasteiger partial charge on any atom is -0.493 e. The van der Waals surface area contributed by atoms with Gasteiger partial charge in [-0.15, -0.1) is 11.3 Å². The normalized spacial score (nSPS) is 20.5. The van der Waals surface area contributed by atoms with Crippen LogP contribution in [0.15, 0.2) is 65.1 Å². The summed E-state index contributed by atoms with van der Waals surface area (Å²) in [6.45, 7) is 0. The lowest BCUT2D eigenvalue weighted by Crippen LogP contribution is -2.34. The van der Waals surface area contributed by atoms with Gasteiger partial charge in [0, 0.05) is 22.6 Å². The summed E-state index contributed by atoms with van der Waals surface area (Å²) >= 11 is 8.21. The molecule has 0 unspecified atom stereocenters. The summed E-state index contributed by atoms with van der Waals surface area (Å²) in [7, 11) is 1.66. The van der Waals surface area contributed by atoms with E-state index in [-0.39, 0.29) is 6.04 Å². The third-order valence-corrected chi connectivity index (χ3v) is 6.24. The first kappa shape index (κ1) is 16.7. The van der Waals surface area contributed by atoms with Gasteiger partial charge in [-0.1, -0.05) is 48.0 Å². The zero-order chi connectivity index (χ0) is 18.4. The van der Waals surface area contributed by atoms with Crippen LogP contribution in [0.25, 0.3) is 0 Å². The maximum Gasteiger partial charge on any atom is 0.215 e. The lowest BCUT2D eigenvalue weighted by Gasteiger charge is -2.38. The first-order chi connectivity index (χ1) is 13.3. The Kier molecular flexibility index (Phi) is 4.06. The van der Waals surface area contributed by atoms with Crippen molar-refractivity contribution in [3.63, 3.8) is 0 Å². The molecule has 0 saturated carbocycles.